The number of rotatable bonds is 10. The first kappa shape index (κ1) is 23.3. The average Bonchev–Trinajstić information content (AvgIpc) is 2.81. The molecule has 0 radical (unpaired) electrons. The fraction of sp³-hybridized carbons (Fsp3) is 0.333. The van der Waals surface area contributed by atoms with Crippen LogP contribution >= 0.6 is 0 Å². The highest BCUT2D eigenvalue weighted by atomic mass is 16.5. The van der Waals surface area contributed by atoms with E-state index in [-0.39, 0.29) is 18.4 Å². The third-order valence-electron chi connectivity index (χ3n) is 5.70. The molecular weight excluding hydrogens is 400 g/mol. The highest BCUT2D eigenvalue weighted by Crippen LogP contribution is 2.25. The van der Waals surface area contributed by atoms with E-state index in [0.29, 0.717) is 18.8 Å². The molecule has 2 amide bonds. The van der Waals surface area contributed by atoms with Gasteiger partial charge in [0.2, 0.25) is 5.91 Å². The van der Waals surface area contributed by atoms with Crippen molar-refractivity contribution in [3.8, 4) is 5.75 Å². The van der Waals surface area contributed by atoms with Gasteiger partial charge in [-0.15, -0.1) is 0 Å². The minimum absolute atomic E-state index is 0.132. The van der Waals surface area contributed by atoms with Crippen LogP contribution in [0.25, 0.3) is 10.8 Å². The summed E-state index contributed by atoms with van der Waals surface area (Å²) in [5.41, 5.74) is 2.10. The number of ether oxygens (including phenoxy) is 1. The fourth-order valence-corrected chi connectivity index (χ4v) is 3.63. The Balaban J connectivity index is 1.77. The third kappa shape index (κ3) is 5.88. The van der Waals surface area contributed by atoms with Crippen LogP contribution in [0, 0.1) is 6.92 Å². The zero-order valence-electron chi connectivity index (χ0n) is 19.1. The van der Waals surface area contributed by atoms with Crippen LogP contribution in [0.15, 0.2) is 66.7 Å². The van der Waals surface area contributed by atoms with Crippen molar-refractivity contribution in [1.29, 1.82) is 0 Å². The molecule has 3 rings (SSSR count). The number of hydrogen-bond acceptors (Lipinski definition) is 3. The van der Waals surface area contributed by atoms with Crippen LogP contribution in [0.5, 0.6) is 5.75 Å². The molecule has 0 fully saturated rings. The molecule has 3 aromatic rings. The number of unbranched alkanes of at least 4 members (excludes halogenated alkanes) is 1. The lowest BCUT2D eigenvalue weighted by molar-refractivity contribution is -0.142. The number of benzene rings is 3. The van der Waals surface area contributed by atoms with E-state index in [1.807, 2.05) is 73.7 Å². The number of nitrogens with one attached hydrogen (secondary N) is 1. The second kappa shape index (κ2) is 11.3. The van der Waals surface area contributed by atoms with Crippen molar-refractivity contribution in [3.63, 3.8) is 0 Å². The Morgan fingerprint density at radius 2 is 1.72 bits per heavy atom. The van der Waals surface area contributed by atoms with Gasteiger partial charge in [-0.3, -0.25) is 9.59 Å². The molecule has 0 spiro atoms. The van der Waals surface area contributed by atoms with E-state index < -0.39 is 6.04 Å². The number of amides is 2. The molecule has 0 aliphatic carbocycles. The predicted octanol–water partition coefficient (Wildman–Crippen LogP) is 4.86. The standard InChI is InChI=1S/C27H32N2O3/c1-4-5-17-28-27(31)21(3)29(18-23-13-7-6-11-20(23)2)26(30)19-32-25-16-10-14-22-12-8-9-15-24(22)25/h6-16,21H,4-5,17-19H2,1-3H3,(H,28,31)/t21-/m1/s1. The van der Waals surface area contributed by atoms with Gasteiger partial charge in [-0.25, -0.2) is 0 Å². The molecular formula is C27H32N2O3. The normalized spacial score (nSPS) is 11.7. The molecule has 0 saturated carbocycles. The molecule has 0 aliphatic heterocycles. The molecule has 0 saturated heterocycles. The van der Waals surface area contributed by atoms with E-state index in [9.17, 15) is 9.59 Å². The monoisotopic (exact) mass is 432 g/mol. The van der Waals surface area contributed by atoms with Crippen LogP contribution in [0.2, 0.25) is 0 Å². The van der Waals surface area contributed by atoms with E-state index >= 15 is 0 Å². The van der Waals surface area contributed by atoms with Crippen LogP contribution in [-0.4, -0.2) is 35.9 Å². The van der Waals surface area contributed by atoms with Gasteiger partial charge in [-0.2, -0.15) is 0 Å². The minimum Gasteiger partial charge on any atom is -0.483 e. The molecule has 5 nitrogen and oxygen atoms in total. The maximum Gasteiger partial charge on any atom is 0.261 e. The van der Waals surface area contributed by atoms with Crippen molar-refractivity contribution >= 4 is 22.6 Å². The minimum atomic E-state index is -0.602. The summed E-state index contributed by atoms with van der Waals surface area (Å²) in [6.45, 7) is 6.69. The Kier molecular flexibility index (Phi) is 8.26. The van der Waals surface area contributed by atoms with Crippen molar-refractivity contribution in [2.24, 2.45) is 0 Å². The number of aryl methyl sites for hydroxylation is 1. The molecule has 1 atom stereocenters. The van der Waals surface area contributed by atoms with Gasteiger partial charge in [0.25, 0.3) is 5.91 Å². The molecule has 0 heterocycles. The molecule has 32 heavy (non-hydrogen) atoms. The van der Waals surface area contributed by atoms with Crippen molar-refractivity contribution in [1.82, 2.24) is 10.2 Å². The van der Waals surface area contributed by atoms with Crippen molar-refractivity contribution in [2.75, 3.05) is 13.2 Å². The zero-order chi connectivity index (χ0) is 22.9. The maximum absolute atomic E-state index is 13.3. The lowest BCUT2D eigenvalue weighted by atomic mass is 10.1. The second-order valence-electron chi connectivity index (χ2n) is 8.03. The van der Waals surface area contributed by atoms with Crippen LogP contribution in [0.1, 0.15) is 37.8 Å². The lowest BCUT2D eigenvalue weighted by Gasteiger charge is -2.29. The third-order valence-corrected chi connectivity index (χ3v) is 5.70. The van der Waals surface area contributed by atoms with Crippen molar-refractivity contribution in [3.05, 3.63) is 77.9 Å². The Bertz CT molecular complexity index is 1060. The summed E-state index contributed by atoms with van der Waals surface area (Å²) in [7, 11) is 0. The quantitative estimate of drug-likeness (QED) is 0.466. The summed E-state index contributed by atoms with van der Waals surface area (Å²) in [5, 5.41) is 4.95. The Hall–Kier alpha value is -3.34. The summed E-state index contributed by atoms with van der Waals surface area (Å²) < 4.78 is 5.94. The summed E-state index contributed by atoms with van der Waals surface area (Å²) in [6, 6.07) is 21.0. The summed E-state index contributed by atoms with van der Waals surface area (Å²) in [5.74, 6) is 0.289. The molecule has 0 aliphatic rings. The summed E-state index contributed by atoms with van der Waals surface area (Å²) >= 11 is 0. The molecule has 5 heteroatoms. The van der Waals surface area contributed by atoms with Gasteiger partial charge in [0, 0.05) is 18.5 Å². The summed E-state index contributed by atoms with van der Waals surface area (Å²) in [6.07, 6.45) is 1.91. The fourth-order valence-electron chi connectivity index (χ4n) is 3.63. The Morgan fingerprint density at radius 1 is 1.00 bits per heavy atom. The van der Waals surface area contributed by atoms with Gasteiger partial charge < -0.3 is 15.0 Å². The first-order valence-electron chi connectivity index (χ1n) is 11.2. The van der Waals surface area contributed by atoms with E-state index in [1.54, 1.807) is 11.8 Å². The SMILES string of the molecule is CCCCNC(=O)[C@@H](C)N(Cc1ccccc1C)C(=O)COc1cccc2ccccc12. The molecule has 168 valence electrons. The van der Waals surface area contributed by atoms with Crippen LogP contribution in [0.4, 0.5) is 0 Å². The van der Waals surface area contributed by atoms with Gasteiger partial charge in [-0.1, -0.05) is 74.0 Å². The van der Waals surface area contributed by atoms with Gasteiger partial charge in [0.1, 0.15) is 11.8 Å². The van der Waals surface area contributed by atoms with Crippen molar-refractivity contribution < 1.29 is 14.3 Å². The topological polar surface area (TPSA) is 58.6 Å². The molecule has 3 aromatic carbocycles. The molecule has 0 aromatic heterocycles. The second-order valence-corrected chi connectivity index (χ2v) is 8.03. The van der Waals surface area contributed by atoms with Crippen molar-refractivity contribution in [2.45, 2.75) is 46.2 Å². The van der Waals surface area contributed by atoms with Gasteiger partial charge in [0.05, 0.1) is 0 Å². The van der Waals surface area contributed by atoms with Gasteiger partial charge in [0.15, 0.2) is 6.61 Å². The molecule has 0 bridgehead atoms. The van der Waals surface area contributed by atoms with Crippen LogP contribution in [-0.2, 0) is 16.1 Å². The van der Waals surface area contributed by atoms with E-state index in [4.69, 9.17) is 4.74 Å². The van der Waals surface area contributed by atoms with Gasteiger partial charge in [-0.05, 0) is 42.8 Å². The number of nitrogens with zero attached hydrogens (tertiary/aromatic N) is 1. The Labute approximate surface area is 190 Å². The number of carbonyl (C=O) groups is 2. The largest absolute Gasteiger partial charge is 0.483 e. The predicted molar refractivity (Wildman–Crippen MR) is 129 cm³/mol. The number of fused-ring (bicyclic) bond motifs is 1. The van der Waals surface area contributed by atoms with Crippen LogP contribution < -0.4 is 10.1 Å². The smallest absolute Gasteiger partial charge is 0.261 e. The number of hydrogen-bond donors (Lipinski definition) is 1. The Morgan fingerprint density at radius 3 is 2.50 bits per heavy atom. The van der Waals surface area contributed by atoms with E-state index in [1.165, 1.54) is 0 Å². The zero-order valence-corrected chi connectivity index (χ0v) is 19.1. The van der Waals surface area contributed by atoms with Gasteiger partial charge >= 0.3 is 0 Å². The average molecular weight is 433 g/mol. The van der Waals surface area contributed by atoms with E-state index in [0.717, 1.165) is 34.7 Å². The van der Waals surface area contributed by atoms with Crippen LogP contribution in [0.3, 0.4) is 0 Å². The first-order chi connectivity index (χ1) is 15.5. The highest BCUT2D eigenvalue weighted by Gasteiger charge is 2.26. The maximum atomic E-state index is 13.3. The summed E-state index contributed by atoms with van der Waals surface area (Å²) in [4.78, 5) is 27.6. The van der Waals surface area contributed by atoms with E-state index in [2.05, 4.69) is 12.2 Å². The first-order valence-corrected chi connectivity index (χ1v) is 11.2. The highest BCUT2D eigenvalue weighted by molar-refractivity contribution is 5.90. The number of carbonyl (C=O) groups excluding carboxylic acids is 2. The molecule has 0 unspecified atom stereocenters. The molecule has 1 N–H and O–H groups in total. The lowest BCUT2D eigenvalue weighted by Crippen LogP contribution is -2.49.